The Kier molecular flexibility index (Phi) is 5.47. The van der Waals surface area contributed by atoms with Crippen molar-refractivity contribution in [3.05, 3.63) is 158 Å². The number of pyridine rings is 1. The van der Waals surface area contributed by atoms with E-state index in [1.54, 1.807) is 0 Å². The molecule has 4 heterocycles. The van der Waals surface area contributed by atoms with E-state index in [4.69, 9.17) is 9.97 Å². The van der Waals surface area contributed by atoms with Gasteiger partial charge in [-0.05, 0) is 41.0 Å². The van der Waals surface area contributed by atoms with E-state index < -0.39 is 0 Å². The Morgan fingerprint density at radius 3 is 1.80 bits per heavy atom. The van der Waals surface area contributed by atoms with Crippen molar-refractivity contribution in [2.75, 3.05) is 0 Å². The zero-order valence-electron chi connectivity index (χ0n) is 23.8. The molecule has 4 heteroatoms. The number of fused-ring (bicyclic) bond motifs is 6. The highest BCUT2D eigenvalue weighted by Gasteiger charge is 2.24. The van der Waals surface area contributed by atoms with Crippen LogP contribution in [-0.4, -0.2) is 18.9 Å². The highest BCUT2D eigenvalue weighted by Crippen LogP contribution is 2.42. The molecule has 0 radical (unpaired) electrons. The molecule has 206 valence electrons. The van der Waals surface area contributed by atoms with Crippen molar-refractivity contribution in [3.63, 3.8) is 0 Å². The van der Waals surface area contributed by atoms with Gasteiger partial charge >= 0.3 is 0 Å². The van der Waals surface area contributed by atoms with Gasteiger partial charge in [0.05, 0.1) is 33.3 Å². The van der Waals surface area contributed by atoms with Crippen LogP contribution in [0.1, 0.15) is 0 Å². The first kappa shape index (κ1) is 24.6. The Labute approximate surface area is 254 Å². The van der Waals surface area contributed by atoms with Crippen LogP contribution in [0.2, 0.25) is 0 Å². The van der Waals surface area contributed by atoms with E-state index in [0.717, 1.165) is 55.2 Å². The molecule has 0 saturated carbocycles. The molecule has 0 aliphatic rings. The molecule has 0 fully saturated rings. The molecule has 0 unspecified atom stereocenters. The highest BCUT2D eigenvalue weighted by molar-refractivity contribution is 6.17. The van der Waals surface area contributed by atoms with Gasteiger partial charge in [-0.1, -0.05) is 127 Å². The van der Waals surface area contributed by atoms with Gasteiger partial charge in [0, 0.05) is 28.1 Å². The van der Waals surface area contributed by atoms with E-state index in [1.165, 1.54) is 16.7 Å². The molecule has 0 atom stereocenters. The van der Waals surface area contributed by atoms with E-state index in [2.05, 4.69) is 155 Å². The maximum Gasteiger partial charge on any atom is 0.235 e. The summed E-state index contributed by atoms with van der Waals surface area (Å²) in [7, 11) is 0. The molecule has 44 heavy (non-hydrogen) atoms. The Morgan fingerprint density at radius 2 is 1.00 bits per heavy atom. The fourth-order valence-corrected chi connectivity index (χ4v) is 6.59. The summed E-state index contributed by atoms with van der Waals surface area (Å²) >= 11 is 0. The average Bonchev–Trinajstić information content (AvgIpc) is 3.61. The molecule has 0 N–H and O–H groups in total. The van der Waals surface area contributed by atoms with Crippen molar-refractivity contribution in [3.8, 4) is 39.5 Å². The Balaban J connectivity index is 1.36. The molecule has 0 bridgehead atoms. The minimum atomic E-state index is 0.658. The van der Waals surface area contributed by atoms with Crippen molar-refractivity contribution < 1.29 is 0 Å². The van der Waals surface area contributed by atoms with Crippen LogP contribution in [0.5, 0.6) is 0 Å². The van der Waals surface area contributed by atoms with E-state index in [9.17, 15) is 0 Å². The molecular weight excluding hydrogens is 536 g/mol. The normalized spacial score (nSPS) is 11.6. The van der Waals surface area contributed by atoms with Gasteiger partial charge in [-0.2, -0.15) is 0 Å². The van der Waals surface area contributed by atoms with E-state index in [1.807, 2.05) is 12.1 Å². The van der Waals surface area contributed by atoms with E-state index in [-0.39, 0.29) is 0 Å². The van der Waals surface area contributed by atoms with Crippen molar-refractivity contribution in [1.29, 1.82) is 0 Å². The predicted octanol–water partition coefficient (Wildman–Crippen LogP) is 9.98. The number of hydrogen-bond acceptors (Lipinski definition) is 2. The first-order chi connectivity index (χ1) is 21.8. The summed E-state index contributed by atoms with van der Waals surface area (Å²) < 4.78 is 4.56. The summed E-state index contributed by atoms with van der Waals surface area (Å²) in [5, 5.41) is 2.19. The van der Waals surface area contributed by atoms with Gasteiger partial charge in [0.25, 0.3) is 0 Å². The molecule has 0 saturated heterocycles. The van der Waals surface area contributed by atoms with Gasteiger partial charge in [-0.25, -0.2) is 9.97 Å². The van der Waals surface area contributed by atoms with Crippen LogP contribution in [-0.2, 0) is 0 Å². The largest absolute Gasteiger partial charge is 0.314 e. The number of nitrogens with zero attached hydrogens (tertiary/aromatic N) is 4. The van der Waals surface area contributed by atoms with E-state index in [0.29, 0.717) is 5.95 Å². The lowest BCUT2D eigenvalue weighted by molar-refractivity contribution is 1.01. The maximum atomic E-state index is 5.36. The number of hydrogen-bond donors (Lipinski definition) is 0. The number of aromatic nitrogens is 4. The molecule has 0 spiro atoms. The number of benzene rings is 5. The summed E-state index contributed by atoms with van der Waals surface area (Å²) in [5.41, 5.74) is 12.1. The Bertz CT molecular complexity index is 2470. The van der Waals surface area contributed by atoms with Crippen molar-refractivity contribution in [2.45, 2.75) is 0 Å². The smallest absolute Gasteiger partial charge is 0.235 e. The standard InChI is InChI=1S/C40H26N4/c1-3-13-27(14-4-1)28-22-24-30(25-23-28)37-31-17-7-9-19-33(31)41-40(42-37)44-34-20-10-8-18-32(34)38-39(44)36(29-15-5-2-6-16-29)35-21-11-12-26-43(35)38/h1-26H. The van der Waals surface area contributed by atoms with Crippen molar-refractivity contribution >= 4 is 38.4 Å². The fraction of sp³-hybridized carbons (Fsp3) is 0. The second-order valence-electron chi connectivity index (χ2n) is 11.1. The van der Waals surface area contributed by atoms with Crippen molar-refractivity contribution in [1.82, 2.24) is 18.9 Å². The summed E-state index contributed by atoms with van der Waals surface area (Å²) in [6.45, 7) is 0. The second-order valence-corrected chi connectivity index (χ2v) is 11.1. The molecule has 9 aromatic rings. The lowest BCUT2D eigenvalue weighted by Gasteiger charge is -2.13. The van der Waals surface area contributed by atoms with Crippen LogP contribution in [0.25, 0.3) is 77.8 Å². The van der Waals surface area contributed by atoms with Crippen molar-refractivity contribution in [2.24, 2.45) is 0 Å². The molecule has 0 aliphatic heterocycles. The summed E-state index contributed by atoms with van der Waals surface area (Å²) in [4.78, 5) is 10.6. The van der Waals surface area contributed by atoms with Crippen LogP contribution in [0.15, 0.2) is 158 Å². The monoisotopic (exact) mass is 562 g/mol. The predicted molar refractivity (Wildman–Crippen MR) is 181 cm³/mol. The lowest BCUT2D eigenvalue weighted by atomic mass is 10.0. The topological polar surface area (TPSA) is 35.1 Å². The van der Waals surface area contributed by atoms with Crippen LogP contribution in [0.4, 0.5) is 0 Å². The summed E-state index contributed by atoms with van der Waals surface area (Å²) in [5.74, 6) is 0.658. The lowest BCUT2D eigenvalue weighted by Crippen LogP contribution is -2.03. The zero-order chi connectivity index (χ0) is 29.0. The maximum absolute atomic E-state index is 5.36. The first-order valence-corrected chi connectivity index (χ1v) is 14.9. The second kappa shape index (κ2) is 9.79. The molecule has 4 nitrogen and oxygen atoms in total. The first-order valence-electron chi connectivity index (χ1n) is 14.9. The third-order valence-corrected chi connectivity index (χ3v) is 8.56. The Morgan fingerprint density at radius 1 is 0.409 bits per heavy atom. The fourth-order valence-electron chi connectivity index (χ4n) is 6.59. The van der Waals surface area contributed by atoms with Gasteiger partial charge in [0.1, 0.15) is 0 Å². The SMILES string of the molecule is c1ccc(-c2ccc(-c3nc(-n4c5ccccc5c5c4c(-c4ccccc4)c4ccccn45)nc4ccccc34)cc2)cc1. The molecule has 0 aliphatic carbocycles. The molecule has 0 amide bonds. The Hall–Kier alpha value is -6.00. The van der Waals surface area contributed by atoms with Gasteiger partial charge in [0.15, 0.2) is 0 Å². The summed E-state index contributed by atoms with van der Waals surface area (Å²) in [6.07, 6.45) is 2.15. The third kappa shape index (κ3) is 3.71. The molecular formula is C40H26N4. The molecule has 5 aromatic carbocycles. The minimum absolute atomic E-state index is 0.658. The highest BCUT2D eigenvalue weighted by atomic mass is 15.2. The quantitative estimate of drug-likeness (QED) is 0.214. The summed E-state index contributed by atoms with van der Waals surface area (Å²) in [6, 6.07) is 53.1. The van der Waals surface area contributed by atoms with Crippen LogP contribution in [0.3, 0.4) is 0 Å². The number of para-hydroxylation sites is 2. The van der Waals surface area contributed by atoms with E-state index >= 15 is 0 Å². The van der Waals surface area contributed by atoms with Crippen LogP contribution < -0.4 is 0 Å². The average molecular weight is 563 g/mol. The zero-order valence-corrected chi connectivity index (χ0v) is 23.8. The third-order valence-electron chi connectivity index (χ3n) is 8.56. The molecule has 9 rings (SSSR count). The van der Waals surface area contributed by atoms with Gasteiger partial charge in [-0.15, -0.1) is 0 Å². The van der Waals surface area contributed by atoms with Gasteiger partial charge in [-0.3, -0.25) is 4.57 Å². The molecule has 4 aromatic heterocycles. The van der Waals surface area contributed by atoms with Crippen LogP contribution >= 0.6 is 0 Å². The van der Waals surface area contributed by atoms with Gasteiger partial charge < -0.3 is 4.40 Å². The van der Waals surface area contributed by atoms with Crippen LogP contribution in [0, 0.1) is 0 Å². The van der Waals surface area contributed by atoms with Gasteiger partial charge in [0.2, 0.25) is 5.95 Å². The number of rotatable bonds is 4. The minimum Gasteiger partial charge on any atom is -0.314 e.